The smallest absolute Gasteiger partial charge is 0.0488 e. The maximum Gasteiger partial charge on any atom is 0.0488 e. The van der Waals surface area contributed by atoms with Crippen LogP contribution in [0.25, 0.3) is 0 Å². The molecule has 1 aromatic carbocycles. The van der Waals surface area contributed by atoms with E-state index in [0.29, 0.717) is 12.0 Å². The van der Waals surface area contributed by atoms with Gasteiger partial charge in [-0.05, 0) is 61.1 Å². The molecular weight excluding hydrogens is 232 g/mol. The molecule has 106 valence electrons. The van der Waals surface area contributed by atoms with Crippen LogP contribution in [0, 0.1) is 31.6 Å². The summed E-state index contributed by atoms with van der Waals surface area (Å²) in [5.74, 6) is 8.18. The van der Waals surface area contributed by atoms with Gasteiger partial charge in [-0.2, -0.15) is 0 Å². The van der Waals surface area contributed by atoms with Crippen molar-refractivity contribution in [2.75, 3.05) is 0 Å². The summed E-state index contributed by atoms with van der Waals surface area (Å²) in [6.45, 7) is 9.10. The van der Waals surface area contributed by atoms with Crippen LogP contribution in [0.1, 0.15) is 55.8 Å². The third-order valence-electron chi connectivity index (χ3n) is 5.18. The first-order valence-corrected chi connectivity index (χ1v) is 7.56. The standard InChI is InChI=1S/C17H28N2/c1-11-5-7-15(9-13(11)3)17(19-18)16-8-6-12(2)14(4)10-16/h5,7,9,12,14,16-17,19H,6,8,10,18H2,1-4H3. The van der Waals surface area contributed by atoms with Gasteiger partial charge in [-0.25, -0.2) is 0 Å². The fourth-order valence-corrected chi connectivity index (χ4v) is 3.35. The van der Waals surface area contributed by atoms with Crippen LogP contribution < -0.4 is 11.3 Å². The molecule has 1 aliphatic carbocycles. The number of aryl methyl sites for hydroxylation is 2. The number of rotatable bonds is 3. The van der Waals surface area contributed by atoms with Crippen molar-refractivity contribution in [3.63, 3.8) is 0 Å². The molecule has 0 bridgehead atoms. The first-order valence-electron chi connectivity index (χ1n) is 7.56. The molecule has 1 aromatic rings. The van der Waals surface area contributed by atoms with Crippen LogP contribution in [-0.2, 0) is 0 Å². The molecule has 2 nitrogen and oxygen atoms in total. The Morgan fingerprint density at radius 2 is 1.84 bits per heavy atom. The van der Waals surface area contributed by atoms with Crippen LogP contribution in [0.4, 0.5) is 0 Å². The summed E-state index contributed by atoms with van der Waals surface area (Å²) in [6, 6.07) is 7.04. The molecular formula is C17H28N2. The van der Waals surface area contributed by atoms with Gasteiger partial charge in [0.2, 0.25) is 0 Å². The minimum Gasteiger partial charge on any atom is -0.271 e. The number of hydrogen-bond donors (Lipinski definition) is 2. The first-order chi connectivity index (χ1) is 9.02. The van der Waals surface area contributed by atoms with E-state index in [1.54, 1.807) is 0 Å². The quantitative estimate of drug-likeness (QED) is 0.639. The van der Waals surface area contributed by atoms with E-state index in [0.717, 1.165) is 11.8 Å². The maximum atomic E-state index is 5.85. The molecule has 4 atom stereocenters. The highest BCUT2D eigenvalue weighted by Gasteiger charge is 2.30. The third-order valence-corrected chi connectivity index (χ3v) is 5.18. The second-order valence-corrected chi connectivity index (χ2v) is 6.52. The van der Waals surface area contributed by atoms with E-state index < -0.39 is 0 Å². The fraction of sp³-hybridized carbons (Fsp3) is 0.647. The zero-order chi connectivity index (χ0) is 14.0. The Morgan fingerprint density at radius 1 is 1.11 bits per heavy atom. The molecule has 1 fully saturated rings. The number of nitrogens with one attached hydrogen (secondary N) is 1. The normalized spacial score (nSPS) is 29.2. The average Bonchev–Trinajstić information content (AvgIpc) is 2.39. The molecule has 0 radical (unpaired) electrons. The van der Waals surface area contributed by atoms with E-state index in [1.165, 1.54) is 36.0 Å². The zero-order valence-electron chi connectivity index (χ0n) is 12.7. The number of benzene rings is 1. The number of hydrazine groups is 1. The molecule has 2 rings (SSSR count). The molecule has 3 N–H and O–H groups in total. The molecule has 0 amide bonds. The topological polar surface area (TPSA) is 38.0 Å². The summed E-state index contributed by atoms with van der Waals surface area (Å²) in [4.78, 5) is 0. The van der Waals surface area contributed by atoms with Crippen molar-refractivity contribution >= 4 is 0 Å². The maximum absolute atomic E-state index is 5.85. The Bertz CT molecular complexity index is 427. The van der Waals surface area contributed by atoms with Crippen LogP contribution in [0.5, 0.6) is 0 Å². The second-order valence-electron chi connectivity index (χ2n) is 6.52. The molecule has 0 aromatic heterocycles. The highest BCUT2D eigenvalue weighted by molar-refractivity contribution is 5.32. The van der Waals surface area contributed by atoms with Crippen LogP contribution in [0.3, 0.4) is 0 Å². The van der Waals surface area contributed by atoms with Crippen LogP contribution >= 0.6 is 0 Å². The Kier molecular flexibility index (Phi) is 4.64. The second kappa shape index (κ2) is 6.06. The molecule has 1 aliphatic rings. The van der Waals surface area contributed by atoms with Gasteiger partial charge in [-0.3, -0.25) is 11.3 Å². The van der Waals surface area contributed by atoms with Gasteiger partial charge in [0.15, 0.2) is 0 Å². The Hall–Kier alpha value is -0.860. The average molecular weight is 260 g/mol. The van der Waals surface area contributed by atoms with Crippen molar-refractivity contribution in [2.24, 2.45) is 23.6 Å². The minimum absolute atomic E-state index is 0.300. The summed E-state index contributed by atoms with van der Waals surface area (Å²) in [7, 11) is 0. The minimum atomic E-state index is 0.300. The van der Waals surface area contributed by atoms with Gasteiger partial charge in [0, 0.05) is 6.04 Å². The van der Waals surface area contributed by atoms with Gasteiger partial charge in [0.1, 0.15) is 0 Å². The highest BCUT2D eigenvalue weighted by atomic mass is 15.2. The fourth-order valence-electron chi connectivity index (χ4n) is 3.35. The predicted octanol–water partition coefficient (Wildman–Crippen LogP) is 3.88. The monoisotopic (exact) mass is 260 g/mol. The van der Waals surface area contributed by atoms with Gasteiger partial charge in [-0.15, -0.1) is 0 Å². The Morgan fingerprint density at radius 3 is 2.42 bits per heavy atom. The van der Waals surface area contributed by atoms with Crippen molar-refractivity contribution in [3.05, 3.63) is 34.9 Å². The van der Waals surface area contributed by atoms with Crippen molar-refractivity contribution < 1.29 is 0 Å². The predicted molar refractivity (Wildman–Crippen MR) is 81.6 cm³/mol. The van der Waals surface area contributed by atoms with Gasteiger partial charge in [0.05, 0.1) is 0 Å². The van der Waals surface area contributed by atoms with Gasteiger partial charge in [-0.1, -0.05) is 38.5 Å². The lowest BCUT2D eigenvalue weighted by molar-refractivity contribution is 0.171. The van der Waals surface area contributed by atoms with Crippen molar-refractivity contribution in [1.82, 2.24) is 5.43 Å². The molecule has 0 saturated heterocycles. The molecule has 2 heteroatoms. The lowest BCUT2D eigenvalue weighted by Gasteiger charge is -2.36. The molecule has 1 saturated carbocycles. The zero-order valence-corrected chi connectivity index (χ0v) is 12.7. The SMILES string of the molecule is Cc1ccc(C(NN)C2CCC(C)C(C)C2)cc1C. The van der Waals surface area contributed by atoms with E-state index in [9.17, 15) is 0 Å². The van der Waals surface area contributed by atoms with Crippen molar-refractivity contribution in [3.8, 4) is 0 Å². The molecule has 0 spiro atoms. The van der Waals surface area contributed by atoms with Crippen molar-refractivity contribution in [1.29, 1.82) is 0 Å². The van der Waals surface area contributed by atoms with Gasteiger partial charge < -0.3 is 0 Å². The molecule has 0 aliphatic heterocycles. The summed E-state index contributed by atoms with van der Waals surface area (Å²) < 4.78 is 0. The van der Waals surface area contributed by atoms with E-state index in [4.69, 9.17) is 5.84 Å². The Labute approximate surface area is 117 Å². The third kappa shape index (κ3) is 3.18. The van der Waals surface area contributed by atoms with Crippen LogP contribution in [0.15, 0.2) is 18.2 Å². The first kappa shape index (κ1) is 14.5. The van der Waals surface area contributed by atoms with E-state index in [2.05, 4.69) is 51.3 Å². The summed E-state index contributed by atoms with van der Waals surface area (Å²) >= 11 is 0. The largest absolute Gasteiger partial charge is 0.271 e. The summed E-state index contributed by atoms with van der Waals surface area (Å²) in [6.07, 6.45) is 3.89. The van der Waals surface area contributed by atoms with E-state index in [-0.39, 0.29) is 0 Å². The molecule has 4 unspecified atom stereocenters. The van der Waals surface area contributed by atoms with Gasteiger partial charge >= 0.3 is 0 Å². The summed E-state index contributed by atoms with van der Waals surface area (Å²) in [5.41, 5.74) is 7.12. The highest BCUT2D eigenvalue weighted by Crippen LogP contribution is 2.39. The summed E-state index contributed by atoms with van der Waals surface area (Å²) in [5, 5.41) is 0. The number of nitrogens with two attached hydrogens (primary N) is 1. The van der Waals surface area contributed by atoms with Crippen LogP contribution in [-0.4, -0.2) is 0 Å². The van der Waals surface area contributed by atoms with Gasteiger partial charge in [0.25, 0.3) is 0 Å². The lowest BCUT2D eigenvalue weighted by Crippen LogP contribution is -2.37. The van der Waals surface area contributed by atoms with Crippen molar-refractivity contribution in [2.45, 2.75) is 53.0 Å². The van der Waals surface area contributed by atoms with Crippen LogP contribution in [0.2, 0.25) is 0 Å². The van der Waals surface area contributed by atoms with E-state index in [1.807, 2.05) is 0 Å². The number of hydrogen-bond acceptors (Lipinski definition) is 2. The lowest BCUT2D eigenvalue weighted by atomic mass is 9.72. The molecule has 19 heavy (non-hydrogen) atoms. The Balaban J connectivity index is 2.17. The molecule has 0 heterocycles. The van der Waals surface area contributed by atoms with E-state index >= 15 is 0 Å².